The van der Waals surface area contributed by atoms with Crippen molar-refractivity contribution in [2.45, 2.75) is 43.7 Å². The summed E-state index contributed by atoms with van der Waals surface area (Å²) in [6.07, 6.45) is 5.42. The molecule has 7 rings (SSSR count). The van der Waals surface area contributed by atoms with E-state index in [1.165, 1.54) is 10.6 Å². The molecule has 1 saturated carbocycles. The number of aromatic nitrogens is 3. The van der Waals surface area contributed by atoms with Crippen molar-refractivity contribution in [3.63, 3.8) is 0 Å². The lowest BCUT2D eigenvalue weighted by Crippen LogP contribution is -2.38. The molecule has 13 heteroatoms. The molecule has 256 valence electrons. The van der Waals surface area contributed by atoms with Crippen molar-refractivity contribution in [2.24, 2.45) is 5.73 Å². The summed E-state index contributed by atoms with van der Waals surface area (Å²) in [5.74, 6) is 0.507. The number of carbonyl (C=O) groups excluding carboxylic acids is 2. The number of alkyl carbamates (subject to hydrolysis) is 1. The van der Waals surface area contributed by atoms with Crippen molar-refractivity contribution in [2.75, 3.05) is 20.2 Å². The van der Waals surface area contributed by atoms with Crippen LogP contribution >= 0.6 is 23.2 Å². The summed E-state index contributed by atoms with van der Waals surface area (Å²) in [7, 11) is 1.61. The van der Waals surface area contributed by atoms with Crippen LogP contribution < -0.4 is 26.7 Å². The first-order valence-electron chi connectivity index (χ1n) is 16.3. The van der Waals surface area contributed by atoms with E-state index in [0.717, 1.165) is 46.2 Å². The van der Waals surface area contributed by atoms with Gasteiger partial charge >= 0.3 is 6.09 Å². The summed E-state index contributed by atoms with van der Waals surface area (Å²) in [4.78, 5) is 46.0. The summed E-state index contributed by atoms with van der Waals surface area (Å²) in [5, 5.41) is 6.35. The Labute approximate surface area is 297 Å². The van der Waals surface area contributed by atoms with E-state index in [2.05, 4.69) is 15.6 Å². The smallest absolute Gasteiger partial charge is 0.407 e. The summed E-state index contributed by atoms with van der Waals surface area (Å²) in [5.41, 5.74) is 11.6. The van der Waals surface area contributed by atoms with Crippen LogP contribution in [-0.2, 0) is 21.6 Å². The molecule has 5 aromatic rings. The van der Waals surface area contributed by atoms with Crippen LogP contribution in [0.4, 0.5) is 4.79 Å². The number of benzene rings is 2. The predicted octanol–water partition coefficient (Wildman–Crippen LogP) is 5.90. The topological polar surface area (TPSA) is 150 Å². The van der Waals surface area contributed by atoms with Gasteiger partial charge < -0.3 is 25.8 Å². The molecule has 1 aliphatic carbocycles. The number of ether oxygens (including phenoxy) is 2. The normalized spacial score (nSPS) is 16.2. The van der Waals surface area contributed by atoms with Gasteiger partial charge in [-0.1, -0.05) is 65.7 Å². The molecule has 3 aromatic heterocycles. The molecule has 0 bridgehead atoms. The van der Waals surface area contributed by atoms with Gasteiger partial charge in [-0.25, -0.2) is 14.8 Å². The standard InChI is InChI=1S/C37H34Cl2N6O5/c1-49-34-28(37(20-40)13-14-37)9-10-29(44-34)27-7-3-6-26(33(27)39)25-5-2-4-24(32(25)38)21-12-15-45-30(16-21)41-17-22(35(45)47)19-50-36(48)42-18-23-8-11-31(46)43-23/h2-7,9-10,12,15-17,23H,8,11,13-14,18-20,40H2,1H3,(H,42,48)(H,43,46)/t23-/m0/s1. The molecular formula is C37H34Cl2N6O5. The lowest BCUT2D eigenvalue weighted by Gasteiger charge is -2.18. The molecule has 1 saturated heterocycles. The van der Waals surface area contributed by atoms with Crippen LogP contribution in [-0.4, -0.2) is 52.6 Å². The zero-order chi connectivity index (χ0) is 35.0. The summed E-state index contributed by atoms with van der Waals surface area (Å²) >= 11 is 14.1. The van der Waals surface area contributed by atoms with Crippen molar-refractivity contribution in [1.29, 1.82) is 0 Å². The maximum atomic E-state index is 13.2. The van der Waals surface area contributed by atoms with Crippen LogP contribution in [0.1, 0.15) is 36.8 Å². The van der Waals surface area contributed by atoms with Gasteiger partial charge in [0.1, 0.15) is 12.3 Å². The molecule has 0 radical (unpaired) electrons. The number of carbonyl (C=O) groups is 2. The molecule has 4 N–H and O–H groups in total. The first-order chi connectivity index (χ1) is 24.2. The van der Waals surface area contributed by atoms with E-state index in [0.29, 0.717) is 46.7 Å². The lowest BCUT2D eigenvalue weighted by atomic mass is 9.95. The van der Waals surface area contributed by atoms with E-state index in [1.807, 2.05) is 48.5 Å². The van der Waals surface area contributed by atoms with Gasteiger partial charge in [-0.05, 0) is 43.0 Å². The number of rotatable bonds is 10. The van der Waals surface area contributed by atoms with Crippen LogP contribution in [0, 0.1) is 0 Å². The van der Waals surface area contributed by atoms with Crippen molar-refractivity contribution in [3.8, 4) is 39.4 Å². The van der Waals surface area contributed by atoms with E-state index < -0.39 is 6.09 Å². The number of pyridine rings is 2. The van der Waals surface area contributed by atoms with Crippen LogP contribution in [0.25, 0.3) is 39.2 Å². The molecule has 50 heavy (non-hydrogen) atoms. The van der Waals surface area contributed by atoms with Gasteiger partial charge in [0.05, 0.1) is 28.4 Å². The summed E-state index contributed by atoms with van der Waals surface area (Å²) in [6, 6.07) is 18.8. The fourth-order valence-electron chi connectivity index (χ4n) is 6.40. The van der Waals surface area contributed by atoms with E-state index in [-0.39, 0.29) is 41.6 Å². The fraction of sp³-hybridized carbons (Fsp3) is 0.270. The van der Waals surface area contributed by atoms with Gasteiger partial charge in [0.2, 0.25) is 11.8 Å². The Balaban J connectivity index is 1.12. The van der Waals surface area contributed by atoms with Crippen LogP contribution in [0.15, 0.2) is 77.9 Å². The first kappa shape index (κ1) is 33.5. The molecule has 2 amide bonds. The number of methoxy groups -OCH3 is 1. The molecule has 0 spiro atoms. The molecule has 0 unspecified atom stereocenters. The maximum absolute atomic E-state index is 13.2. The predicted molar refractivity (Wildman–Crippen MR) is 191 cm³/mol. The maximum Gasteiger partial charge on any atom is 0.407 e. The van der Waals surface area contributed by atoms with Gasteiger partial charge in [0, 0.05) is 71.2 Å². The third-order valence-electron chi connectivity index (χ3n) is 9.46. The van der Waals surface area contributed by atoms with Crippen LogP contribution in [0.5, 0.6) is 5.88 Å². The number of hydrogen-bond donors (Lipinski definition) is 3. The molecule has 2 fully saturated rings. The number of nitrogens with two attached hydrogens (primary N) is 1. The number of halogens is 2. The van der Waals surface area contributed by atoms with Crippen molar-refractivity contribution >= 4 is 40.8 Å². The van der Waals surface area contributed by atoms with Crippen molar-refractivity contribution < 1.29 is 19.1 Å². The Morgan fingerprint density at radius 3 is 2.44 bits per heavy atom. The number of amides is 2. The van der Waals surface area contributed by atoms with Crippen molar-refractivity contribution in [3.05, 3.63) is 105 Å². The largest absolute Gasteiger partial charge is 0.481 e. The summed E-state index contributed by atoms with van der Waals surface area (Å²) < 4.78 is 12.3. The second kappa shape index (κ2) is 13.7. The van der Waals surface area contributed by atoms with Gasteiger partial charge in [-0.15, -0.1) is 0 Å². The molecular weight excluding hydrogens is 679 g/mol. The number of nitrogens with zero attached hydrogens (tertiary/aromatic N) is 3. The average molecular weight is 714 g/mol. The fourth-order valence-corrected chi connectivity index (χ4v) is 7.06. The van der Waals surface area contributed by atoms with Gasteiger partial charge in [-0.2, -0.15) is 0 Å². The number of nitrogens with one attached hydrogen (secondary N) is 2. The highest BCUT2D eigenvalue weighted by Crippen LogP contribution is 2.50. The van der Waals surface area contributed by atoms with Gasteiger partial charge in [0.15, 0.2) is 0 Å². The highest BCUT2D eigenvalue weighted by Gasteiger charge is 2.45. The van der Waals surface area contributed by atoms with E-state index >= 15 is 0 Å². The van der Waals surface area contributed by atoms with Crippen LogP contribution in [0.2, 0.25) is 10.0 Å². The minimum Gasteiger partial charge on any atom is -0.481 e. The lowest BCUT2D eigenvalue weighted by molar-refractivity contribution is -0.119. The van der Waals surface area contributed by atoms with Crippen molar-refractivity contribution in [1.82, 2.24) is 25.0 Å². The highest BCUT2D eigenvalue weighted by atomic mass is 35.5. The zero-order valence-corrected chi connectivity index (χ0v) is 28.7. The third kappa shape index (κ3) is 6.39. The molecule has 4 heterocycles. The monoisotopic (exact) mass is 712 g/mol. The van der Waals surface area contributed by atoms with Crippen LogP contribution in [0.3, 0.4) is 0 Å². The number of hydrogen-bond acceptors (Lipinski definition) is 8. The highest BCUT2D eigenvalue weighted by molar-refractivity contribution is 6.39. The average Bonchev–Trinajstić information content (AvgIpc) is 3.82. The number of fused-ring (bicyclic) bond motifs is 1. The van der Waals surface area contributed by atoms with E-state index in [9.17, 15) is 14.4 Å². The minimum atomic E-state index is -0.686. The SMILES string of the molecule is COc1nc(-c2cccc(-c3cccc(-c4ccn5c(=O)c(COC(=O)NC[C@@H]6CCC(=O)N6)cnc5c4)c3Cl)c2Cl)ccc1C1(CN)CC1. The molecule has 1 atom stereocenters. The Hall–Kier alpha value is -4.97. The quantitative estimate of drug-likeness (QED) is 0.162. The third-order valence-corrected chi connectivity index (χ3v) is 10.3. The first-order valence-corrected chi connectivity index (χ1v) is 17.0. The summed E-state index contributed by atoms with van der Waals surface area (Å²) in [6.45, 7) is 0.536. The van der Waals surface area contributed by atoms with Gasteiger partial charge in [0.25, 0.3) is 5.56 Å². The molecule has 1 aliphatic heterocycles. The minimum absolute atomic E-state index is 0.0419. The Morgan fingerprint density at radius 2 is 1.76 bits per heavy atom. The zero-order valence-electron chi connectivity index (χ0n) is 27.2. The van der Waals surface area contributed by atoms with E-state index in [1.54, 1.807) is 25.4 Å². The second-order valence-corrected chi connectivity index (χ2v) is 13.3. The Morgan fingerprint density at radius 1 is 1.04 bits per heavy atom. The second-order valence-electron chi connectivity index (χ2n) is 12.6. The molecule has 11 nitrogen and oxygen atoms in total. The molecule has 2 aromatic carbocycles. The van der Waals surface area contributed by atoms with E-state index in [4.69, 9.17) is 43.4 Å². The Bertz CT molecular complexity index is 2200. The molecule has 2 aliphatic rings. The van der Waals surface area contributed by atoms with Gasteiger partial charge in [-0.3, -0.25) is 14.0 Å². The Kier molecular flexibility index (Phi) is 9.21.